The van der Waals surface area contributed by atoms with E-state index in [2.05, 4.69) is 31.2 Å². The highest BCUT2D eigenvalue weighted by Gasteiger charge is 2.17. The van der Waals surface area contributed by atoms with E-state index in [1.807, 2.05) is 0 Å². The molecule has 1 atom stereocenters. The van der Waals surface area contributed by atoms with Gasteiger partial charge in [0, 0.05) is 19.8 Å². The second-order valence-electron chi connectivity index (χ2n) is 5.53. The van der Waals surface area contributed by atoms with Crippen molar-refractivity contribution in [2.75, 3.05) is 6.54 Å². The number of hydrogen-bond acceptors (Lipinski definition) is 3. The molecule has 0 saturated heterocycles. The molecular formula is C12H21N3O2. The Balaban J connectivity index is 2.38. The van der Waals surface area contributed by atoms with E-state index in [1.165, 1.54) is 6.20 Å². The fraction of sp³-hybridized carbons (Fsp3) is 0.667. The molecule has 0 aromatic carbocycles. The molecule has 0 spiro atoms. The maximum Gasteiger partial charge on any atom is 0.254 e. The summed E-state index contributed by atoms with van der Waals surface area (Å²) >= 11 is 0. The Hall–Kier alpha value is -1.36. The van der Waals surface area contributed by atoms with Crippen molar-refractivity contribution in [2.45, 2.75) is 33.3 Å². The molecule has 1 rings (SSSR count). The van der Waals surface area contributed by atoms with Gasteiger partial charge in [-0.15, -0.1) is 0 Å². The molecule has 2 N–H and O–H groups in total. The van der Waals surface area contributed by atoms with E-state index in [4.69, 9.17) is 0 Å². The second kappa shape index (κ2) is 5.31. The Labute approximate surface area is 102 Å². The zero-order chi connectivity index (χ0) is 13.1. The first-order valence-corrected chi connectivity index (χ1v) is 5.73. The molecule has 17 heavy (non-hydrogen) atoms. The van der Waals surface area contributed by atoms with Gasteiger partial charge in [0.15, 0.2) is 0 Å². The molecule has 1 unspecified atom stereocenters. The molecule has 0 aliphatic carbocycles. The maximum atomic E-state index is 11.7. The quantitative estimate of drug-likeness (QED) is 0.822. The number of nitrogens with one attached hydrogen (secondary N) is 1. The van der Waals surface area contributed by atoms with Crippen LogP contribution in [0.15, 0.2) is 12.4 Å². The summed E-state index contributed by atoms with van der Waals surface area (Å²) < 4.78 is 1.57. The number of amides is 1. The van der Waals surface area contributed by atoms with Crippen LogP contribution in [0.4, 0.5) is 0 Å². The number of aliphatic hydroxyl groups excluding tert-OH is 1. The highest BCUT2D eigenvalue weighted by Crippen LogP contribution is 2.20. The Kier molecular flexibility index (Phi) is 4.28. The number of carbonyl (C=O) groups is 1. The first-order valence-electron chi connectivity index (χ1n) is 5.73. The Morgan fingerprint density at radius 1 is 1.59 bits per heavy atom. The number of carbonyl (C=O) groups excluding carboxylic acids is 1. The lowest BCUT2D eigenvalue weighted by molar-refractivity contribution is 0.0868. The Morgan fingerprint density at radius 3 is 2.71 bits per heavy atom. The van der Waals surface area contributed by atoms with Crippen LogP contribution >= 0.6 is 0 Å². The van der Waals surface area contributed by atoms with Crippen LogP contribution in [0.3, 0.4) is 0 Å². The summed E-state index contributed by atoms with van der Waals surface area (Å²) in [6.07, 6.45) is 3.28. The molecule has 96 valence electrons. The lowest BCUT2D eigenvalue weighted by Gasteiger charge is -2.22. The number of hydrogen-bond donors (Lipinski definition) is 2. The zero-order valence-electron chi connectivity index (χ0n) is 10.9. The average Bonchev–Trinajstić information content (AvgIpc) is 2.58. The van der Waals surface area contributed by atoms with Crippen LogP contribution in [-0.2, 0) is 7.05 Å². The van der Waals surface area contributed by atoms with Gasteiger partial charge in [-0.05, 0) is 11.8 Å². The molecule has 0 aliphatic rings. The number of aliphatic hydroxyl groups is 1. The molecule has 0 fully saturated rings. The number of aromatic nitrogens is 2. The molecule has 0 bridgehead atoms. The summed E-state index contributed by atoms with van der Waals surface area (Å²) in [5, 5.41) is 16.4. The molecule has 5 nitrogen and oxygen atoms in total. The summed E-state index contributed by atoms with van der Waals surface area (Å²) in [4.78, 5) is 11.7. The number of rotatable bonds is 4. The van der Waals surface area contributed by atoms with E-state index in [9.17, 15) is 9.90 Å². The number of aryl methyl sites for hydroxylation is 1. The smallest absolute Gasteiger partial charge is 0.254 e. The van der Waals surface area contributed by atoms with E-state index in [1.54, 1.807) is 17.9 Å². The van der Waals surface area contributed by atoms with Crippen LogP contribution in [-0.4, -0.2) is 33.4 Å². The molecule has 1 heterocycles. The summed E-state index contributed by atoms with van der Waals surface area (Å²) in [6.45, 7) is 6.43. The molecule has 1 amide bonds. The molecule has 5 heteroatoms. The lowest BCUT2D eigenvalue weighted by Crippen LogP contribution is -2.34. The zero-order valence-corrected chi connectivity index (χ0v) is 10.9. The topological polar surface area (TPSA) is 67.2 Å². The maximum absolute atomic E-state index is 11.7. The van der Waals surface area contributed by atoms with Crippen LogP contribution in [0.5, 0.6) is 0 Å². The van der Waals surface area contributed by atoms with Crippen molar-refractivity contribution in [3.8, 4) is 0 Å². The van der Waals surface area contributed by atoms with Crippen LogP contribution in [0.2, 0.25) is 0 Å². The third kappa shape index (κ3) is 4.99. The van der Waals surface area contributed by atoms with Gasteiger partial charge in [-0.3, -0.25) is 9.48 Å². The van der Waals surface area contributed by atoms with Crippen molar-refractivity contribution in [1.29, 1.82) is 0 Å². The number of nitrogens with zero attached hydrogens (tertiary/aromatic N) is 2. The third-order valence-corrected chi connectivity index (χ3v) is 2.31. The standard InChI is InChI=1S/C12H21N3O2/c1-12(2,3)5-10(16)7-13-11(17)9-6-14-15(4)8-9/h6,8,10,16H,5,7H2,1-4H3,(H,13,17). The van der Waals surface area contributed by atoms with Gasteiger partial charge < -0.3 is 10.4 Å². The first-order chi connectivity index (χ1) is 7.78. The molecule has 0 radical (unpaired) electrons. The SMILES string of the molecule is Cn1cc(C(=O)NCC(O)CC(C)(C)C)cn1. The predicted molar refractivity (Wildman–Crippen MR) is 65.6 cm³/mol. The van der Waals surface area contributed by atoms with E-state index < -0.39 is 6.10 Å². The van der Waals surface area contributed by atoms with Crippen molar-refractivity contribution in [3.05, 3.63) is 18.0 Å². The second-order valence-corrected chi connectivity index (χ2v) is 5.53. The summed E-state index contributed by atoms with van der Waals surface area (Å²) in [6, 6.07) is 0. The Morgan fingerprint density at radius 2 is 2.24 bits per heavy atom. The fourth-order valence-corrected chi connectivity index (χ4v) is 1.63. The van der Waals surface area contributed by atoms with E-state index in [-0.39, 0.29) is 17.9 Å². The van der Waals surface area contributed by atoms with Gasteiger partial charge in [0.2, 0.25) is 0 Å². The van der Waals surface area contributed by atoms with Crippen molar-refractivity contribution < 1.29 is 9.90 Å². The van der Waals surface area contributed by atoms with Gasteiger partial charge in [0.1, 0.15) is 0 Å². The molecule has 0 aliphatic heterocycles. The van der Waals surface area contributed by atoms with Crippen LogP contribution in [0, 0.1) is 5.41 Å². The molecular weight excluding hydrogens is 218 g/mol. The molecule has 1 aromatic rings. The first kappa shape index (κ1) is 13.7. The Bertz CT molecular complexity index is 379. The van der Waals surface area contributed by atoms with E-state index in [0.29, 0.717) is 12.0 Å². The van der Waals surface area contributed by atoms with Gasteiger partial charge in [0.25, 0.3) is 5.91 Å². The van der Waals surface area contributed by atoms with Crippen molar-refractivity contribution in [2.24, 2.45) is 12.5 Å². The van der Waals surface area contributed by atoms with Crippen molar-refractivity contribution >= 4 is 5.91 Å². The average molecular weight is 239 g/mol. The minimum Gasteiger partial charge on any atom is -0.391 e. The van der Waals surface area contributed by atoms with E-state index >= 15 is 0 Å². The van der Waals surface area contributed by atoms with Gasteiger partial charge in [-0.25, -0.2) is 0 Å². The van der Waals surface area contributed by atoms with Crippen molar-refractivity contribution in [3.63, 3.8) is 0 Å². The van der Waals surface area contributed by atoms with E-state index in [0.717, 1.165) is 0 Å². The summed E-state index contributed by atoms with van der Waals surface area (Å²) in [7, 11) is 1.76. The van der Waals surface area contributed by atoms with Crippen LogP contribution < -0.4 is 5.32 Å². The predicted octanol–water partition coefficient (Wildman–Crippen LogP) is 0.947. The minimum atomic E-state index is -0.518. The van der Waals surface area contributed by atoms with Crippen molar-refractivity contribution in [1.82, 2.24) is 15.1 Å². The third-order valence-electron chi connectivity index (χ3n) is 2.31. The van der Waals surface area contributed by atoms with Crippen LogP contribution in [0.1, 0.15) is 37.6 Å². The highest BCUT2D eigenvalue weighted by molar-refractivity contribution is 5.93. The summed E-state index contributed by atoms with van der Waals surface area (Å²) in [5.41, 5.74) is 0.564. The minimum absolute atomic E-state index is 0.0540. The largest absolute Gasteiger partial charge is 0.391 e. The molecule has 1 aromatic heterocycles. The van der Waals surface area contributed by atoms with Gasteiger partial charge in [0.05, 0.1) is 17.9 Å². The highest BCUT2D eigenvalue weighted by atomic mass is 16.3. The summed E-state index contributed by atoms with van der Waals surface area (Å²) in [5.74, 6) is -0.203. The monoisotopic (exact) mass is 239 g/mol. The lowest BCUT2D eigenvalue weighted by atomic mass is 9.89. The molecule has 0 saturated carbocycles. The van der Waals surface area contributed by atoms with Gasteiger partial charge in [-0.2, -0.15) is 5.10 Å². The van der Waals surface area contributed by atoms with Crippen LogP contribution in [0.25, 0.3) is 0 Å². The van der Waals surface area contributed by atoms with Gasteiger partial charge in [-0.1, -0.05) is 20.8 Å². The normalized spacial score (nSPS) is 13.5. The fourth-order valence-electron chi connectivity index (χ4n) is 1.63. The van der Waals surface area contributed by atoms with Gasteiger partial charge >= 0.3 is 0 Å².